The van der Waals surface area contributed by atoms with Gasteiger partial charge in [-0.25, -0.2) is 4.98 Å². The van der Waals surface area contributed by atoms with E-state index in [-0.39, 0.29) is 11.8 Å². The summed E-state index contributed by atoms with van der Waals surface area (Å²) in [5.74, 6) is 1.27. The molecule has 0 unspecified atom stereocenters. The number of likely N-dealkylation sites (tertiary alicyclic amines) is 1. The van der Waals surface area contributed by atoms with Crippen LogP contribution < -0.4 is 0 Å². The number of fused-ring (bicyclic) bond motifs is 1. The van der Waals surface area contributed by atoms with Gasteiger partial charge in [0, 0.05) is 32.0 Å². The molecule has 0 N–H and O–H groups in total. The van der Waals surface area contributed by atoms with Crippen molar-refractivity contribution in [3.63, 3.8) is 0 Å². The maximum Gasteiger partial charge on any atom is 0.223 e. The lowest BCUT2D eigenvalue weighted by Gasteiger charge is -2.15. The summed E-state index contributed by atoms with van der Waals surface area (Å²) in [7, 11) is 0. The summed E-state index contributed by atoms with van der Waals surface area (Å²) in [5, 5.41) is 1.09. The molecule has 0 spiro atoms. The van der Waals surface area contributed by atoms with E-state index in [1.807, 2.05) is 48.2 Å². The summed E-state index contributed by atoms with van der Waals surface area (Å²) in [6.45, 7) is 4.12. The molecule has 0 radical (unpaired) electrons. The zero-order valence-corrected chi connectivity index (χ0v) is 16.0. The molecule has 26 heavy (non-hydrogen) atoms. The van der Waals surface area contributed by atoms with E-state index in [4.69, 9.17) is 28.2 Å². The number of halogens is 2. The molecule has 1 aliphatic rings. The predicted octanol–water partition coefficient (Wildman–Crippen LogP) is 4.73. The van der Waals surface area contributed by atoms with Crippen LogP contribution in [0.4, 0.5) is 0 Å². The van der Waals surface area contributed by atoms with E-state index < -0.39 is 0 Å². The van der Waals surface area contributed by atoms with Crippen molar-refractivity contribution in [3.05, 3.63) is 63.9 Å². The van der Waals surface area contributed by atoms with Crippen LogP contribution in [0.25, 0.3) is 11.0 Å². The Kier molecular flexibility index (Phi) is 4.63. The van der Waals surface area contributed by atoms with E-state index >= 15 is 0 Å². The van der Waals surface area contributed by atoms with Gasteiger partial charge < -0.3 is 9.47 Å². The smallest absolute Gasteiger partial charge is 0.223 e. The number of likely N-dealkylation sites (N-methyl/N-ethyl adjacent to an activating group) is 1. The van der Waals surface area contributed by atoms with Crippen molar-refractivity contribution < 1.29 is 4.79 Å². The number of aromatic nitrogens is 2. The number of para-hydroxylation sites is 2. The number of nitrogens with zero attached hydrogens (tertiary/aromatic N) is 3. The first-order chi connectivity index (χ1) is 12.6. The molecule has 2 aromatic carbocycles. The van der Waals surface area contributed by atoms with Gasteiger partial charge in [0.1, 0.15) is 5.82 Å². The van der Waals surface area contributed by atoms with E-state index in [2.05, 4.69) is 10.6 Å². The van der Waals surface area contributed by atoms with E-state index in [1.165, 1.54) is 0 Å². The second kappa shape index (κ2) is 6.93. The molecule has 1 fully saturated rings. The van der Waals surface area contributed by atoms with E-state index in [0.717, 1.165) is 35.5 Å². The fraction of sp³-hybridized carbons (Fsp3) is 0.300. The third kappa shape index (κ3) is 3.08. The Balaban J connectivity index is 1.77. The molecule has 0 bridgehead atoms. The number of carbonyl (C=O) groups excluding carboxylic acids is 1. The van der Waals surface area contributed by atoms with Crippen molar-refractivity contribution in [2.45, 2.75) is 25.8 Å². The molecular formula is C20H19Cl2N3O. The number of amides is 1. The standard InChI is InChI=1S/C20H19Cl2N3O/c1-2-24-12-14(10-19(24)26)20-23-17-5-3-4-6-18(17)25(20)11-13-7-8-15(21)16(22)9-13/h3-9,14H,2,10-12H2,1H3/t14-/m1/s1. The van der Waals surface area contributed by atoms with Gasteiger partial charge in [-0.3, -0.25) is 4.79 Å². The van der Waals surface area contributed by atoms with Gasteiger partial charge in [-0.05, 0) is 36.8 Å². The minimum absolute atomic E-state index is 0.109. The molecule has 0 saturated carbocycles. The van der Waals surface area contributed by atoms with Crippen LogP contribution >= 0.6 is 23.2 Å². The third-order valence-electron chi connectivity index (χ3n) is 4.97. The minimum Gasteiger partial charge on any atom is -0.342 e. The first-order valence-corrected chi connectivity index (χ1v) is 9.49. The van der Waals surface area contributed by atoms with Crippen molar-refractivity contribution in [3.8, 4) is 0 Å². The van der Waals surface area contributed by atoms with Crippen molar-refractivity contribution in [1.82, 2.24) is 14.5 Å². The zero-order chi connectivity index (χ0) is 18.3. The number of imidazole rings is 1. The lowest BCUT2D eigenvalue weighted by atomic mass is 10.1. The Bertz CT molecular complexity index is 982. The number of hydrogen-bond acceptors (Lipinski definition) is 2. The molecule has 1 aliphatic heterocycles. The first-order valence-electron chi connectivity index (χ1n) is 8.73. The van der Waals surface area contributed by atoms with Gasteiger partial charge in [0.15, 0.2) is 0 Å². The fourth-order valence-corrected chi connectivity index (χ4v) is 3.96. The van der Waals surface area contributed by atoms with Crippen LogP contribution in [0.1, 0.15) is 30.7 Å². The largest absolute Gasteiger partial charge is 0.342 e. The summed E-state index contributed by atoms with van der Waals surface area (Å²) in [5.41, 5.74) is 3.07. The van der Waals surface area contributed by atoms with Crippen LogP contribution in [0.3, 0.4) is 0 Å². The van der Waals surface area contributed by atoms with Gasteiger partial charge in [0.05, 0.1) is 21.1 Å². The van der Waals surface area contributed by atoms with Crippen LogP contribution in [-0.4, -0.2) is 33.4 Å². The highest BCUT2D eigenvalue weighted by Crippen LogP contribution is 2.31. The van der Waals surface area contributed by atoms with Gasteiger partial charge in [0.25, 0.3) is 0 Å². The van der Waals surface area contributed by atoms with Crippen molar-refractivity contribution >= 4 is 40.1 Å². The molecule has 1 amide bonds. The van der Waals surface area contributed by atoms with E-state index in [0.29, 0.717) is 23.0 Å². The highest BCUT2D eigenvalue weighted by atomic mass is 35.5. The summed E-state index contributed by atoms with van der Waals surface area (Å²) < 4.78 is 2.20. The van der Waals surface area contributed by atoms with Crippen LogP contribution in [0.15, 0.2) is 42.5 Å². The molecule has 3 aromatic rings. The third-order valence-corrected chi connectivity index (χ3v) is 5.71. The Hall–Kier alpha value is -2.04. The molecule has 1 saturated heterocycles. The fourth-order valence-electron chi connectivity index (χ4n) is 3.64. The topological polar surface area (TPSA) is 38.1 Å². The maximum absolute atomic E-state index is 12.2. The molecule has 0 aliphatic carbocycles. The lowest BCUT2D eigenvalue weighted by Crippen LogP contribution is -2.24. The molecule has 6 heteroatoms. The molecule has 4 rings (SSSR count). The normalized spacial score (nSPS) is 17.4. The summed E-state index contributed by atoms with van der Waals surface area (Å²) >= 11 is 12.2. The Labute approximate surface area is 162 Å². The van der Waals surface area contributed by atoms with Crippen LogP contribution in [0.5, 0.6) is 0 Å². The Morgan fingerprint density at radius 3 is 2.69 bits per heavy atom. The van der Waals surface area contributed by atoms with Crippen molar-refractivity contribution in [2.75, 3.05) is 13.1 Å². The van der Waals surface area contributed by atoms with Crippen molar-refractivity contribution in [2.24, 2.45) is 0 Å². The molecule has 134 valence electrons. The van der Waals surface area contributed by atoms with Crippen molar-refractivity contribution in [1.29, 1.82) is 0 Å². The van der Waals surface area contributed by atoms with Gasteiger partial charge in [-0.1, -0.05) is 41.4 Å². The molecule has 1 atom stereocenters. The zero-order valence-electron chi connectivity index (χ0n) is 14.5. The summed E-state index contributed by atoms with van der Waals surface area (Å²) in [6.07, 6.45) is 0.512. The second-order valence-electron chi connectivity index (χ2n) is 6.63. The summed E-state index contributed by atoms with van der Waals surface area (Å²) in [4.78, 5) is 19.0. The van der Waals surface area contributed by atoms with E-state index in [1.54, 1.807) is 0 Å². The maximum atomic E-state index is 12.2. The molecule has 4 nitrogen and oxygen atoms in total. The van der Waals surface area contributed by atoms with Crippen LogP contribution in [0.2, 0.25) is 10.0 Å². The van der Waals surface area contributed by atoms with Crippen LogP contribution in [-0.2, 0) is 11.3 Å². The van der Waals surface area contributed by atoms with Gasteiger partial charge >= 0.3 is 0 Å². The average molecular weight is 388 g/mol. The minimum atomic E-state index is 0.109. The molecule has 1 aromatic heterocycles. The second-order valence-corrected chi connectivity index (χ2v) is 7.44. The summed E-state index contributed by atoms with van der Waals surface area (Å²) in [6, 6.07) is 13.8. The predicted molar refractivity (Wildman–Crippen MR) is 105 cm³/mol. The number of rotatable bonds is 4. The average Bonchev–Trinajstić information content (AvgIpc) is 3.19. The number of hydrogen-bond donors (Lipinski definition) is 0. The number of benzene rings is 2. The Morgan fingerprint density at radius 1 is 1.15 bits per heavy atom. The van der Waals surface area contributed by atoms with E-state index in [9.17, 15) is 4.79 Å². The number of carbonyl (C=O) groups is 1. The Morgan fingerprint density at radius 2 is 1.96 bits per heavy atom. The van der Waals surface area contributed by atoms with Gasteiger partial charge in [-0.15, -0.1) is 0 Å². The highest BCUT2D eigenvalue weighted by Gasteiger charge is 2.33. The molecule has 2 heterocycles. The quantitative estimate of drug-likeness (QED) is 0.648. The SMILES string of the molecule is CCN1C[C@H](c2nc3ccccc3n2Cc2ccc(Cl)c(Cl)c2)CC1=O. The van der Waals surface area contributed by atoms with Gasteiger partial charge in [0.2, 0.25) is 5.91 Å². The first kappa shape index (κ1) is 17.4. The lowest BCUT2D eigenvalue weighted by molar-refractivity contribution is -0.127. The van der Waals surface area contributed by atoms with Gasteiger partial charge in [-0.2, -0.15) is 0 Å². The molecular weight excluding hydrogens is 369 g/mol. The van der Waals surface area contributed by atoms with Crippen LogP contribution in [0, 0.1) is 0 Å². The highest BCUT2D eigenvalue weighted by molar-refractivity contribution is 6.42. The monoisotopic (exact) mass is 387 g/mol.